The maximum Gasteiger partial charge on any atom is 0.224 e. The van der Waals surface area contributed by atoms with Gasteiger partial charge in [0.15, 0.2) is 5.96 Å². The summed E-state index contributed by atoms with van der Waals surface area (Å²) in [5.74, 6) is 0.807. The summed E-state index contributed by atoms with van der Waals surface area (Å²) >= 11 is 0. The van der Waals surface area contributed by atoms with Crippen molar-refractivity contribution in [1.29, 1.82) is 0 Å². The zero-order valence-electron chi connectivity index (χ0n) is 15.0. The van der Waals surface area contributed by atoms with Crippen LogP contribution in [0, 0.1) is 0 Å². The first-order chi connectivity index (χ1) is 11.7. The van der Waals surface area contributed by atoms with Crippen molar-refractivity contribution < 1.29 is 9.53 Å². The topological polar surface area (TPSA) is 74.8 Å². The minimum atomic E-state index is 0.0454. The average molecular weight is 334 g/mol. The molecular formula is C18H30N4O2. The molecule has 0 aromatic heterocycles. The number of nitrogens with one attached hydrogen (secondary N) is 3. The molecule has 0 radical (unpaired) electrons. The van der Waals surface area contributed by atoms with E-state index in [1.165, 1.54) is 0 Å². The largest absolute Gasteiger partial charge is 0.380 e. The standard InChI is InChI=1S/C18H30N4O2/c1-4-8-17(23)22-16-10-7-9-15(13-16)14-21-18(19-5-2)20-11-12-24-6-3/h7,9-10,13H,4-6,8,11-12,14H2,1-3H3,(H,22,23)(H2,19,20,21). The van der Waals surface area contributed by atoms with E-state index < -0.39 is 0 Å². The highest BCUT2D eigenvalue weighted by atomic mass is 16.5. The quantitative estimate of drug-likeness (QED) is 0.349. The number of aliphatic imine (C=N–C) groups is 1. The molecule has 1 amide bonds. The van der Waals surface area contributed by atoms with Crippen LogP contribution in [0.15, 0.2) is 29.3 Å². The van der Waals surface area contributed by atoms with Crippen LogP contribution in [0.4, 0.5) is 5.69 Å². The zero-order chi connectivity index (χ0) is 17.6. The summed E-state index contributed by atoms with van der Waals surface area (Å²) in [6.07, 6.45) is 1.38. The molecule has 0 aliphatic heterocycles. The summed E-state index contributed by atoms with van der Waals surface area (Å²) in [4.78, 5) is 16.2. The van der Waals surface area contributed by atoms with Crippen LogP contribution in [0.1, 0.15) is 39.2 Å². The molecule has 1 aromatic carbocycles. The Bertz CT molecular complexity index is 517. The predicted octanol–water partition coefficient (Wildman–Crippen LogP) is 2.52. The summed E-state index contributed by atoms with van der Waals surface area (Å²) in [7, 11) is 0. The van der Waals surface area contributed by atoms with Crippen LogP contribution in [-0.2, 0) is 16.1 Å². The number of carbonyl (C=O) groups is 1. The van der Waals surface area contributed by atoms with Gasteiger partial charge in [0.1, 0.15) is 0 Å². The van der Waals surface area contributed by atoms with Gasteiger partial charge in [-0.2, -0.15) is 0 Å². The Balaban J connectivity index is 2.59. The molecule has 0 aliphatic carbocycles. The Hall–Kier alpha value is -2.08. The first kappa shape index (κ1) is 20.0. The molecule has 6 heteroatoms. The molecule has 1 rings (SSSR count). The van der Waals surface area contributed by atoms with E-state index in [0.29, 0.717) is 32.7 Å². The molecule has 0 aliphatic rings. The maximum absolute atomic E-state index is 11.7. The third kappa shape index (κ3) is 8.53. The molecule has 0 saturated carbocycles. The number of hydrogen-bond donors (Lipinski definition) is 3. The van der Waals surface area contributed by atoms with Gasteiger partial charge in [0.2, 0.25) is 5.91 Å². The lowest BCUT2D eigenvalue weighted by molar-refractivity contribution is -0.116. The summed E-state index contributed by atoms with van der Waals surface area (Å²) < 4.78 is 5.31. The van der Waals surface area contributed by atoms with E-state index in [1.54, 1.807) is 0 Å². The molecule has 1 aromatic rings. The Morgan fingerprint density at radius 3 is 2.75 bits per heavy atom. The molecular weight excluding hydrogens is 304 g/mol. The number of guanidine groups is 1. The van der Waals surface area contributed by atoms with Crippen LogP contribution >= 0.6 is 0 Å². The molecule has 3 N–H and O–H groups in total. The van der Waals surface area contributed by atoms with Gasteiger partial charge in [-0.3, -0.25) is 4.79 Å². The molecule has 134 valence electrons. The van der Waals surface area contributed by atoms with Crippen molar-refractivity contribution in [2.24, 2.45) is 4.99 Å². The second-order valence-electron chi connectivity index (χ2n) is 5.32. The van der Waals surface area contributed by atoms with Crippen molar-refractivity contribution in [3.63, 3.8) is 0 Å². The van der Waals surface area contributed by atoms with E-state index in [-0.39, 0.29) is 5.91 Å². The molecule has 0 heterocycles. The van der Waals surface area contributed by atoms with Gasteiger partial charge in [-0.05, 0) is 38.0 Å². The van der Waals surface area contributed by atoms with Crippen LogP contribution < -0.4 is 16.0 Å². The number of amides is 1. The van der Waals surface area contributed by atoms with E-state index in [0.717, 1.165) is 30.2 Å². The summed E-state index contributed by atoms with van der Waals surface area (Å²) in [5.41, 5.74) is 1.86. The van der Waals surface area contributed by atoms with Crippen molar-refractivity contribution >= 4 is 17.6 Å². The average Bonchev–Trinajstić information content (AvgIpc) is 2.57. The number of anilines is 1. The zero-order valence-corrected chi connectivity index (χ0v) is 15.0. The number of rotatable bonds is 10. The highest BCUT2D eigenvalue weighted by molar-refractivity contribution is 5.90. The Morgan fingerprint density at radius 1 is 1.21 bits per heavy atom. The minimum Gasteiger partial charge on any atom is -0.380 e. The second kappa shape index (κ2) is 12.4. The van der Waals surface area contributed by atoms with Crippen molar-refractivity contribution in [3.05, 3.63) is 29.8 Å². The molecule has 0 spiro atoms. The fourth-order valence-corrected chi connectivity index (χ4v) is 2.10. The fourth-order valence-electron chi connectivity index (χ4n) is 2.10. The van der Waals surface area contributed by atoms with Crippen molar-refractivity contribution in [2.75, 3.05) is 31.6 Å². The van der Waals surface area contributed by atoms with E-state index in [9.17, 15) is 4.79 Å². The first-order valence-corrected chi connectivity index (χ1v) is 8.68. The summed E-state index contributed by atoms with van der Waals surface area (Å²) in [6, 6.07) is 7.79. The lowest BCUT2D eigenvalue weighted by Gasteiger charge is -2.11. The highest BCUT2D eigenvalue weighted by Gasteiger charge is 2.02. The van der Waals surface area contributed by atoms with Gasteiger partial charge in [-0.1, -0.05) is 19.1 Å². The summed E-state index contributed by atoms with van der Waals surface area (Å²) in [6.45, 7) is 9.42. The highest BCUT2D eigenvalue weighted by Crippen LogP contribution is 2.12. The van der Waals surface area contributed by atoms with Crippen LogP contribution in [0.3, 0.4) is 0 Å². The third-order valence-corrected chi connectivity index (χ3v) is 3.19. The molecule has 0 unspecified atom stereocenters. The van der Waals surface area contributed by atoms with E-state index >= 15 is 0 Å². The third-order valence-electron chi connectivity index (χ3n) is 3.19. The summed E-state index contributed by atoms with van der Waals surface area (Å²) in [5, 5.41) is 9.35. The number of ether oxygens (including phenoxy) is 1. The van der Waals surface area contributed by atoms with Crippen LogP contribution in [0.5, 0.6) is 0 Å². The van der Waals surface area contributed by atoms with Gasteiger partial charge in [-0.15, -0.1) is 0 Å². The minimum absolute atomic E-state index is 0.0454. The normalized spacial score (nSPS) is 11.2. The Labute approximate surface area is 145 Å². The smallest absolute Gasteiger partial charge is 0.224 e. The van der Waals surface area contributed by atoms with Gasteiger partial charge in [0, 0.05) is 31.8 Å². The SMILES string of the molecule is CCCC(=O)Nc1cccc(CN=C(NCC)NCCOCC)c1. The Kier molecular flexibility index (Phi) is 10.3. The lowest BCUT2D eigenvalue weighted by Crippen LogP contribution is -2.39. The number of nitrogens with zero attached hydrogens (tertiary/aromatic N) is 1. The molecule has 6 nitrogen and oxygen atoms in total. The van der Waals surface area contributed by atoms with Crippen molar-refractivity contribution in [2.45, 2.75) is 40.2 Å². The van der Waals surface area contributed by atoms with Crippen LogP contribution in [0.25, 0.3) is 0 Å². The Morgan fingerprint density at radius 2 is 2.04 bits per heavy atom. The maximum atomic E-state index is 11.7. The van der Waals surface area contributed by atoms with Crippen LogP contribution in [-0.4, -0.2) is 38.2 Å². The molecule has 0 saturated heterocycles. The van der Waals surface area contributed by atoms with Gasteiger partial charge < -0.3 is 20.7 Å². The molecule has 24 heavy (non-hydrogen) atoms. The van der Waals surface area contributed by atoms with Gasteiger partial charge >= 0.3 is 0 Å². The molecule has 0 fully saturated rings. The van der Waals surface area contributed by atoms with Crippen LogP contribution in [0.2, 0.25) is 0 Å². The van der Waals surface area contributed by atoms with Gasteiger partial charge in [0.25, 0.3) is 0 Å². The van der Waals surface area contributed by atoms with E-state index in [1.807, 2.05) is 45.0 Å². The lowest BCUT2D eigenvalue weighted by atomic mass is 10.2. The fraction of sp³-hybridized carbons (Fsp3) is 0.556. The van der Waals surface area contributed by atoms with Crippen molar-refractivity contribution in [3.8, 4) is 0 Å². The predicted molar refractivity (Wildman–Crippen MR) is 99.3 cm³/mol. The number of carbonyl (C=O) groups excluding carboxylic acids is 1. The van der Waals surface area contributed by atoms with Gasteiger partial charge in [-0.25, -0.2) is 4.99 Å². The monoisotopic (exact) mass is 334 g/mol. The van der Waals surface area contributed by atoms with Crippen molar-refractivity contribution in [1.82, 2.24) is 10.6 Å². The van der Waals surface area contributed by atoms with E-state index in [2.05, 4.69) is 20.9 Å². The molecule has 0 atom stereocenters. The second-order valence-corrected chi connectivity index (χ2v) is 5.32. The molecule has 0 bridgehead atoms. The van der Waals surface area contributed by atoms with Gasteiger partial charge in [0.05, 0.1) is 13.2 Å². The number of benzene rings is 1. The van der Waals surface area contributed by atoms with E-state index in [4.69, 9.17) is 4.74 Å². The first-order valence-electron chi connectivity index (χ1n) is 8.68. The number of hydrogen-bond acceptors (Lipinski definition) is 3.